The maximum atomic E-state index is 13.8. The Kier molecular flexibility index (Phi) is 4.57. The van der Waals surface area contributed by atoms with Crippen molar-refractivity contribution in [2.75, 3.05) is 19.3 Å². The Morgan fingerprint density at radius 1 is 1.43 bits per heavy atom. The van der Waals surface area contributed by atoms with Gasteiger partial charge in [-0.1, -0.05) is 25.5 Å². The summed E-state index contributed by atoms with van der Waals surface area (Å²) in [4.78, 5) is 13.8. The molecule has 0 bridgehead atoms. The first-order valence-corrected chi connectivity index (χ1v) is 6.90. The first-order valence-electron chi connectivity index (χ1n) is 6.90. The van der Waals surface area contributed by atoms with Crippen molar-refractivity contribution in [2.45, 2.75) is 19.8 Å². The van der Waals surface area contributed by atoms with Gasteiger partial charge in [-0.25, -0.2) is 9.07 Å². The van der Waals surface area contributed by atoms with E-state index in [9.17, 15) is 9.18 Å². The standard InChI is InChI=1S/C15H19FN4O/c1-3-4-9-19(2)15(21)12-10-14(17)20(18-12)13-8-6-5-7-11(13)16/h5-8,10H,3-4,9,17H2,1-2H3. The normalized spacial score (nSPS) is 10.6. The fourth-order valence-corrected chi connectivity index (χ4v) is 2.01. The molecule has 2 aromatic rings. The second-order valence-electron chi connectivity index (χ2n) is 4.90. The number of nitrogens with two attached hydrogens (primary N) is 1. The summed E-state index contributed by atoms with van der Waals surface area (Å²) < 4.78 is 15.0. The summed E-state index contributed by atoms with van der Waals surface area (Å²) in [6, 6.07) is 7.63. The molecule has 0 saturated heterocycles. The summed E-state index contributed by atoms with van der Waals surface area (Å²) in [5.74, 6) is -0.428. The average Bonchev–Trinajstić information content (AvgIpc) is 2.86. The lowest BCUT2D eigenvalue weighted by Crippen LogP contribution is -2.28. The third-order valence-corrected chi connectivity index (χ3v) is 3.23. The number of unbranched alkanes of at least 4 members (excludes halogenated alkanes) is 1. The van der Waals surface area contributed by atoms with Gasteiger partial charge in [0.25, 0.3) is 5.91 Å². The van der Waals surface area contributed by atoms with Crippen LogP contribution >= 0.6 is 0 Å². The van der Waals surface area contributed by atoms with Gasteiger partial charge in [-0.2, -0.15) is 5.10 Å². The lowest BCUT2D eigenvalue weighted by Gasteiger charge is -2.14. The van der Waals surface area contributed by atoms with Gasteiger partial charge in [-0.15, -0.1) is 0 Å². The Morgan fingerprint density at radius 2 is 2.14 bits per heavy atom. The summed E-state index contributed by atoms with van der Waals surface area (Å²) in [7, 11) is 1.72. The molecule has 0 aliphatic carbocycles. The van der Waals surface area contributed by atoms with Gasteiger partial charge < -0.3 is 10.6 Å². The monoisotopic (exact) mass is 290 g/mol. The minimum absolute atomic E-state index is 0.217. The fraction of sp³-hybridized carbons (Fsp3) is 0.333. The van der Waals surface area contributed by atoms with Crippen LogP contribution in [0.4, 0.5) is 10.2 Å². The minimum Gasteiger partial charge on any atom is -0.384 e. The molecule has 1 heterocycles. The molecule has 0 atom stereocenters. The Balaban J connectivity index is 2.27. The Hall–Kier alpha value is -2.37. The molecule has 1 aromatic carbocycles. The van der Waals surface area contributed by atoms with Crippen LogP contribution in [0.5, 0.6) is 0 Å². The van der Waals surface area contributed by atoms with Crippen LogP contribution in [0.1, 0.15) is 30.3 Å². The topological polar surface area (TPSA) is 64.2 Å². The van der Waals surface area contributed by atoms with Gasteiger partial charge in [-0.05, 0) is 18.6 Å². The number of anilines is 1. The number of amides is 1. The van der Waals surface area contributed by atoms with Crippen molar-refractivity contribution in [3.63, 3.8) is 0 Å². The first-order chi connectivity index (χ1) is 10.0. The maximum absolute atomic E-state index is 13.8. The zero-order valence-corrected chi connectivity index (χ0v) is 12.2. The highest BCUT2D eigenvalue weighted by molar-refractivity contribution is 5.93. The number of para-hydroxylation sites is 1. The maximum Gasteiger partial charge on any atom is 0.274 e. The molecule has 112 valence electrons. The smallest absolute Gasteiger partial charge is 0.274 e. The van der Waals surface area contributed by atoms with Crippen LogP contribution in [0.3, 0.4) is 0 Å². The summed E-state index contributed by atoms with van der Waals surface area (Å²) in [5, 5.41) is 4.13. The molecule has 0 spiro atoms. The van der Waals surface area contributed by atoms with E-state index >= 15 is 0 Å². The second-order valence-corrected chi connectivity index (χ2v) is 4.90. The predicted molar refractivity (Wildman–Crippen MR) is 79.8 cm³/mol. The van der Waals surface area contributed by atoms with Crippen LogP contribution in [0.25, 0.3) is 5.69 Å². The zero-order valence-electron chi connectivity index (χ0n) is 12.2. The van der Waals surface area contributed by atoms with E-state index in [0.717, 1.165) is 12.8 Å². The van der Waals surface area contributed by atoms with Crippen LogP contribution in [-0.4, -0.2) is 34.2 Å². The van der Waals surface area contributed by atoms with Crippen molar-refractivity contribution in [2.24, 2.45) is 0 Å². The largest absolute Gasteiger partial charge is 0.384 e. The summed E-state index contributed by atoms with van der Waals surface area (Å²) in [6.45, 7) is 2.71. The molecule has 0 aliphatic rings. The van der Waals surface area contributed by atoms with Gasteiger partial charge in [-0.3, -0.25) is 4.79 Å². The van der Waals surface area contributed by atoms with Crippen LogP contribution < -0.4 is 5.73 Å². The fourth-order valence-electron chi connectivity index (χ4n) is 2.01. The van der Waals surface area contributed by atoms with Gasteiger partial charge in [0.1, 0.15) is 17.3 Å². The number of carbonyl (C=O) groups excluding carboxylic acids is 1. The van der Waals surface area contributed by atoms with E-state index in [2.05, 4.69) is 12.0 Å². The average molecular weight is 290 g/mol. The summed E-state index contributed by atoms with van der Waals surface area (Å²) in [6.07, 6.45) is 1.93. The van der Waals surface area contributed by atoms with E-state index in [4.69, 9.17) is 5.73 Å². The van der Waals surface area contributed by atoms with Crippen molar-refractivity contribution >= 4 is 11.7 Å². The molecule has 1 amide bonds. The van der Waals surface area contributed by atoms with Crippen molar-refractivity contribution < 1.29 is 9.18 Å². The van der Waals surface area contributed by atoms with Crippen LogP contribution in [0.15, 0.2) is 30.3 Å². The van der Waals surface area contributed by atoms with Crippen molar-refractivity contribution in [3.8, 4) is 5.69 Å². The highest BCUT2D eigenvalue weighted by Crippen LogP contribution is 2.18. The van der Waals surface area contributed by atoms with Crippen LogP contribution in [-0.2, 0) is 0 Å². The number of nitrogen functional groups attached to an aromatic ring is 1. The van der Waals surface area contributed by atoms with Crippen LogP contribution in [0.2, 0.25) is 0 Å². The molecule has 0 unspecified atom stereocenters. The van der Waals surface area contributed by atoms with E-state index in [-0.39, 0.29) is 23.1 Å². The highest BCUT2D eigenvalue weighted by Gasteiger charge is 2.18. The molecule has 1 aromatic heterocycles. The van der Waals surface area contributed by atoms with E-state index < -0.39 is 5.82 Å². The van der Waals surface area contributed by atoms with E-state index in [0.29, 0.717) is 6.54 Å². The third kappa shape index (κ3) is 3.21. The molecule has 0 aliphatic heterocycles. The number of rotatable bonds is 5. The number of nitrogens with zero attached hydrogens (tertiary/aromatic N) is 3. The molecule has 0 radical (unpaired) electrons. The molecular formula is C15H19FN4O. The van der Waals surface area contributed by atoms with E-state index in [1.54, 1.807) is 30.1 Å². The lowest BCUT2D eigenvalue weighted by molar-refractivity contribution is 0.0787. The van der Waals surface area contributed by atoms with Gasteiger partial charge in [0.05, 0.1) is 0 Å². The number of aromatic nitrogens is 2. The first kappa shape index (κ1) is 15.0. The van der Waals surface area contributed by atoms with Crippen molar-refractivity contribution in [1.82, 2.24) is 14.7 Å². The molecular weight excluding hydrogens is 271 g/mol. The SMILES string of the molecule is CCCCN(C)C(=O)c1cc(N)n(-c2ccccc2F)n1. The molecule has 2 N–H and O–H groups in total. The quantitative estimate of drug-likeness (QED) is 0.920. The van der Waals surface area contributed by atoms with Gasteiger partial charge in [0.15, 0.2) is 5.69 Å². The Labute approximate surface area is 123 Å². The third-order valence-electron chi connectivity index (χ3n) is 3.23. The van der Waals surface area contributed by atoms with E-state index in [1.165, 1.54) is 16.8 Å². The summed E-state index contributed by atoms with van der Waals surface area (Å²) in [5.41, 5.74) is 6.29. The van der Waals surface area contributed by atoms with Gasteiger partial charge in [0.2, 0.25) is 0 Å². The van der Waals surface area contributed by atoms with Gasteiger partial charge in [0, 0.05) is 19.7 Å². The molecule has 0 fully saturated rings. The number of halogens is 1. The Bertz CT molecular complexity index is 638. The zero-order chi connectivity index (χ0) is 15.4. The number of benzene rings is 1. The van der Waals surface area contributed by atoms with Gasteiger partial charge >= 0.3 is 0 Å². The number of hydrogen-bond donors (Lipinski definition) is 1. The predicted octanol–water partition coefficient (Wildman–Crippen LogP) is 2.47. The molecule has 0 saturated carbocycles. The van der Waals surface area contributed by atoms with Crippen LogP contribution in [0, 0.1) is 5.82 Å². The molecule has 21 heavy (non-hydrogen) atoms. The summed E-state index contributed by atoms with van der Waals surface area (Å²) >= 11 is 0. The van der Waals surface area contributed by atoms with Crippen molar-refractivity contribution in [1.29, 1.82) is 0 Å². The molecule has 2 rings (SSSR count). The molecule has 6 heteroatoms. The van der Waals surface area contributed by atoms with E-state index in [1.807, 2.05) is 0 Å². The molecule has 5 nitrogen and oxygen atoms in total. The lowest BCUT2D eigenvalue weighted by atomic mass is 10.3. The number of hydrogen-bond acceptors (Lipinski definition) is 3. The highest BCUT2D eigenvalue weighted by atomic mass is 19.1. The minimum atomic E-state index is -0.439. The Morgan fingerprint density at radius 3 is 2.81 bits per heavy atom. The van der Waals surface area contributed by atoms with Crippen molar-refractivity contribution in [3.05, 3.63) is 41.8 Å². The second kappa shape index (κ2) is 6.39. The number of carbonyl (C=O) groups is 1.